The number of nitrogens with one attached hydrogen (secondary N) is 1. The van der Waals surface area contributed by atoms with Crippen LogP contribution < -0.4 is 10.1 Å². The molecule has 1 aliphatic rings. The van der Waals surface area contributed by atoms with Crippen molar-refractivity contribution in [3.05, 3.63) is 42.5 Å². The van der Waals surface area contributed by atoms with Crippen molar-refractivity contribution < 1.29 is 23.9 Å². The highest BCUT2D eigenvalue weighted by Gasteiger charge is 2.26. The zero-order valence-corrected chi connectivity index (χ0v) is 10.6. The van der Waals surface area contributed by atoms with E-state index in [1.54, 1.807) is 30.3 Å². The fourth-order valence-electron chi connectivity index (χ4n) is 1.64. The Labute approximate surface area is 115 Å². The quantitative estimate of drug-likeness (QED) is 0.494. The van der Waals surface area contributed by atoms with E-state index in [0.29, 0.717) is 18.7 Å². The standard InChI is InChI=1S/C14H13NO5/c16-12(19-10-4-2-1-3-5-10)6-7-13(17)20-11-8-9-15-14(11)18/h1-7,11H,8-9H2,(H,15,18)/b7-6+. The first-order valence-corrected chi connectivity index (χ1v) is 6.08. The molecule has 1 aliphatic heterocycles. The minimum Gasteiger partial charge on any atom is -0.449 e. The monoisotopic (exact) mass is 275 g/mol. The van der Waals surface area contributed by atoms with Gasteiger partial charge in [-0.05, 0) is 12.1 Å². The Morgan fingerprint density at radius 3 is 2.50 bits per heavy atom. The molecule has 20 heavy (non-hydrogen) atoms. The first kappa shape index (κ1) is 13.8. The van der Waals surface area contributed by atoms with Crippen LogP contribution >= 0.6 is 0 Å². The van der Waals surface area contributed by atoms with Gasteiger partial charge in [0.2, 0.25) is 0 Å². The van der Waals surface area contributed by atoms with Gasteiger partial charge in [0, 0.05) is 25.1 Å². The number of carbonyl (C=O) groups is 3. The third-order valence-electron chi connectivity index (χ3n) is 2.57. The molecule has 1 amide bonds. The molecular formula is C14H13NO5. The molecule has 1 aromatic carbocycles. The molecule has 6 nitrogen and oxygen atoms in total. The third-order valence-corrected chi connectivity index (χ3v) is 2.57. The Morgan fingerprint density at radius 2 is 1.85 bits per heavy atom. The molecule has 1 saturated heterocycles. The minimum absolute atomic E-state index is 0.321. The minimum atomic E-state index is -0.780. The summed E-state index contributed by atoms with van der Waals surface area (Å²) in [7, 11) is 0. The van der Waals surface area contributed by atoms with Crippen LogP contribution in [0, 0.1) is 0 Å². The van der Waals surface area contributed by atoms with Gasteiger partial charge < -0.3 is 14.8 Å². The lowest BCUT2D eigenvalue weighted by molar-refractivity contribution is -0.149. The number of para-hydroxylation sites is 1. The largest absolute Gasteiger partial charge is 0.449 e. The van der Waals surface area contributed by atoms with Crippen molar-refractivity contribution in [2.24, 2.45) is 0 Å². The molecule has 0 radical (unpaired) electrons. The van der Waals surface area contributed by atoms with Gasteiger partial charge in [0.05, 0.1) is 0 Å². The van der Waals surface area contributed by atoms with E-state index < -0.39 is 18.0 Å². The van der Waals surface area contributed by atoms with Crippen LogP contribution in [0.2, 0.25) is 0 Å². The summed E-state index contributed by atoms with van der Waals surface area (Å²) in [6.45, 7) is 0.483. The van der Waals surface area contributed by atoms with E-state index in [1.165, 1.54) is 0 Å². The molecular weight excluding hydrogens is 262 g/mol. The highest BCUT2D eigenvalue weighted by Crippen LogP contribution is 2.09. The first-order valence-electron chi connectivity index (χ1n) is 6.08. The Morgan fingerprint density at radius 1 is 1.15 bits per heavy atom. The zero-order chi connectivity index (χ0) is 14.4. The van der Waals surface area contributed by atoms with Crippen LogP contribution in [0.1, 0.15) is 6.42 Å². The van der Waals surface area contributed by atoms with E-state index in [4.69, 9.17) is 9.47 Å². The number of hydrogen-bond acceptors (Lipinski definition) is 5. The molecule has 2 rings (SSSR count). The number of ether oxygens (including phenoxy) is 2. The summed E-state index contributed by atoms with van der Waals surface area (Å²) in [5, 5.41) is 2.54. The number of benzene rings is 1. The predicted molar refractivity (Wildman–Crippen MR) is 68.7 cm³/mol. The second-order valence-electron chi connectivity index (χ2n) is 4.07. The van der Waals surface area contributed by atoms with Crippen molar-refractivity contribution in [3.63, 3.8) is 0 Å². The summed E-state index contributed by atoms with van der Waals surface area (Å²) < 4.78 is 9.82. The van der Waals surface area contributed by atoms with Gasteiger partial charge in [-0.2, -0.15) is 0 Å². The van der Waals surface area contributed by atoms with Crippen molar-refractivity contribution in [1.82, 2.24) is 5.32 Å². The van der Waals surface area contributed by atoms with Gasteiger partial charge in [-0.3, -0.25) is 4.79 Å². The lowest BCUT2D eigenvalue weighted by Crippen LogP contribution is -2.27. The molecule has 1 fully saturated rings. The van der Waals surface area contributed by atoms with Crippen LogP contribution in [0.4, 0.5) is 0 Å². The van der Waals surface area contributed by atoms with Crippen LogP contribution in [0.25, 0.3) is 0 Å². The molecule has 0 saturated carbocycles. The zero-order valence-electron chi connectivity index (χ0n) is 10.6. The van der Waals surface area contributed by atoms with Crippen LogP contribution in [0.5, 0.6) is 5.75 Å². The van der Waals surface area contributed by atoms with Gasteiger partial charge in [-0.25, -0.2) is 9.59 Å². The maximum atomic E-state index is 11.4. The molecule has 0 spiro atoms. The van der Waals surface area contributed by atoms with Gasteiger partial charge in [-0.15, -0.1) is 0 Å². The Bertz CT molecular complexity index is 538. The molecule has 0 aliphatic carbocycles. The highest BCUT2D eigenvalue weighted by atomic mass is 16.5. The lowest BCUT2D eigenvalue weighted by atomic mass is 10.3. The lowest BCUT2D eigenvalue weighted by Gasteiger charge is -2.06. The summed E-state index contributed by atoms with van der Waals surface area (Å²) >= 11 is 0. The van der Waals surface area contributed by atoms with Crippen LogP contribution in [0.3, 0.4) is 0 Å². The first-order chi connectivity index (χ1) is 9.65. The molecule has 1 unspecified atom stereocenters. The number of carbonyl (C=O) groups excluding carboxylic acids is 3. The van der Waals surface area contributed by atoms with Gasteiger partial charge in [0.15, 0.2) is 6.10 Å². The van der Waals surface area contributed by atoms with Crippen LogP contribution in [-0.4, -0.2) is 30.5 Å². The Kier molecular flexibility index (Phi) is 4.49. The summed E-state index contributed by atoms with van der Waals surface area (Å²) in [5.41, 5.74) is 0. The second kappa shape index (κ2) is 6.51. The molecule has 0 aromatic heterocycles. The van der Waals surface area contributed by atoms with Crippen molar-refractivity contribution >= 4 is 17.8 Å². The average Bonchev–Trinajstić information content (AvgIpc) is 2.83. The van der Waals surface area contributed by atoms with Gasteiger partial charge in [0.1, 0.15) is 5.75 Å². The normalized spacial score (nSPS) is 17.8. The fourth-order valence-corrected chi connectivity index (χ4v) is 1.64. The summed E-state index contributed by atoms with van der Waals surface area (Å²) in [6.07, 6.45) is 1.56. The van der Waals surface area contributed by atoms with Crippen LogP contribution in [0.15, 0.2) is 42.5 Å². The van der Waals surface area contributed by atoms with Crippen LogP contribution in [-0.2, 0) is 19.1 Å². The Balaban J connectivity index is 1.81. The molecule has 104 valence electrons. The number of esters is 2. The number of hydrogen-bond donors (Lipinski definition) is 1. The topological polar surface area (TPSA) is 81.7 Å². The van der Waals surface area contributed by atoms with E-state index in [-0.39, 0.29) is 5.91 Å². The van der Waals surface area contributed by atoms with Gasteiger partial charge >= 0.3 is 11.9 Å². The number of rotatable bonds is 4. The summed E-state index contributed by atoms with van der Waals surface area (Å²) in [5.74, 6) is -1.38. The molecule has 1 heterocycles. The van der Waals surface area contributed by atoms with Crippen molar-refractivity contribution in [2.75, 3.05) is 6.54 Å². The summed E-state index contributed by atoms with van der Waals surface area (Å²) in [6, 6.07) is 8.47. The molecule has 1 aromatic rings. The maximum Gasteiger partial charge on any atom is 0.336 e. The molecule has 0 bridgehead atoms. The molecule has 6 heteroatoms. The smallest absolute Gasteiger partial charge is 0.336 e. The average molecular weight is 275 g/mol. The van der Waals surface area contributed by atoms with Crippen molar-refractivity contribution in [3.8, 4) is 5.75 Å². The Hall–Kier alpha value is -2.63. The van der Waals surface area contributed by atoms with E-state index >= 15 is 0 Å². The van der Waals surface area contributed by atoms with Crippen molar-refractivity contribution in [2.45, 2.75) is 12.5 Å². The van der Waals surface area contributed by atoms with E-state index in [2.05, 4.69) is 5.32 Å². The van der Waals surface area contributed by atoms with E-state index in [9.17, 15) is 14.4 Å². The second-order valence-corrected chi connectivity index (χ2v) is 4.07. The number of amides is 1. The van der Waals surface area contributed by atoms with Gasteiger partial charge in [-0.1, -0.05) is 18.2 Å². The molecule has 1 N–H and O–H groups in total. The SMILES string of the molecule is O=C(/C=C/C(=O)OC1CCNC1=O)Oc1ccccc1. The highest BCUT2D eigenvalue weighted by molar-refractivity contribution is 5.94. The maximum absolute atomic E-state index is 11.4. The van der Waals surface area contributed by atoms with Gasteiger partial charge in [0.25, 0.3) is 5.91 Å². The predicted octanol–water partition coefficient (Wildman–Crippen LogP) is 0.580. The summed E-state index contributed by atoms with van der Waals surface area (Å²) in [4.78, 5) is 34.0. The van der Waals surface area contributed by atoms with E-state index in [1.807, 2.05) is 0 Å². The molecule has 1 atom stereocenters. The van der Waals surface area contributed by atoms with E-state index in [0.717, 1.165) is 12.2 Å². The third kappa shape index (κ3) is 3.94. The van der Waals surface area contributed by atoms with Crippen molar-refractivity contribution in [1.29, 1.82) is 0 Å². The fraction of sp³-hybridized carbons (Fsp3) is 0.214.